The zero-order valence-corrected chi connectivity index (χ0v) is 12.8. The van der Waals surface area contributed by atoms with Crippen molar-refractivity contribution < 1.29 is 8.42 Å². The minimum Gasteiger partial charge on any atom is -0.212 e. The molecule has 102 valence electrons. The van der Waals surface area contributed by atoms with E-state index in [0.717, 1.165) is 5.56 Å². The highest BCUT2D eigenvalue weighted by molar-refractivity contribution is 7.88. The van der Waals surface area contributed by atoms with Crippen molar-refractivity contribution in [2.24, 2.45) is 5.41 Å². The molecule has 0 aliphatic heterocycles. The van der Waals surface area contributed by atoms with Gasteiger partial charge in [0.05, 0.1) is 5.75 Å². The molecule has 1 rings (SSSR count). The van der Waals surface area contributed by atoms with E-state index in [9.17, 15) is 8.42 Å². The van der Waals surface area contributed by atoms with Gasteiger partial charge in [0.2, 0.25) is 10.0 Å². The van der Waals surface area contributed by atoms with Crippen molar-refractivity contribution >= 4 is 21.6 Å². The molecule has 5 heteroatoms. The lowest BCUT2D eigenvalue weighted by Gasteiger charge is -2.26. The van der Waals surface area contributed by atoms with Crippen LogP contribution in [0, 0.1) is 5.41 Å². The Balaban J connectivity index is 2.79. The van der Waals surface area contributed by atoms with Gasteiger partial charge in [-0.25, -0.2) is 12.7 Å². The summed E-state index contributed by atoms with van der Waals surface area (Å²) < 4.78 is 25.7. The van der Waals surface area contributed by atoms with E-state index in [0.29, 0.717) is 11.6 Å². The van der Waals surface area contributed by atoms with Gasteiger partial charge in [0, 0.05) is 18.6 Å². The summed E-state index contributed by atoms with van der Waals surface area (Å²) in [5, 5.41) is 0.610. The summed E-state index contributed by atoms with van der Waals surface area (Å²) in [4.78, 5) is 0. The molecule has 18 heavy (non-hydrogen) atoms. The Kier molecular flexibility index (Phi) is 4.81. The standard InChI is InChI=1S/C13H20ClNO2S/c1-13(2,3)10-15(4)18(16,17)9-11-5-7-12(14)8-6-11/h5-8H,9-10H2,1-4H3. The van der Waals surface area contributed by atoms with Crippen LogP contribution in [0.5, 0.6) is 0 Å². The van der Waals surface area contributed by atoms with Crippen molar-refractivity contribution in [2.45, 2.75) is 26.5 Å². The van der Waals surface area contributed by atoms with E-state index >= 15 is 0 Å². The van der Waals surface area contributed by atoms with Gasteiger partial charge < -0.3 is 0 Å². The molecule has 0 aliphatic carbocycles. The number of halogens is 1. The van der Waals surface area contributed by atoms with Gasteiger partial charge in [-0.3, -0.25) is 0 Å². The van der Waals surface area contributed by atoms with Crippen LogP contribution < -0.4 is 0 Å². The van der Waals surface area contributed by atoms with E-state index in [1.165, 1.54) is 4.31 Å². The van der Waals surface area contributed by atoms with Gasteiger partial charge in [-0.05, 0) is 23.1 Å². The van der Waals surface area contributed by atoms with E-state index in [1.54, 1.807) is 31.3 Å². The van der Waals surface area contributed by atoms with Crippen LogP contribution >= 0.6 is 11.6 Å². The van der Waals surface area contributed by atoms with Crippen molar-refractivity contribution in [3.05, 3.63) is 34.9 Å². The number of sulfonamides is 1. The van der Waals surface area contributed by atoms with Crippen LogP contribution in [-0.4, -0.2) is 26.3 Å². The molecule has 0 aromatic heterocycles. The molecule has 0 spiro atoms. The smallest absolute Gasteiger partial charge is 0.212 e. The average Bonchev–Trinajstić information content (AvgIpc) is 2.18. The van der Waals surface area contributed by atoms with Crippen LogP contribution in [0.2, 0.25) is 5.02 Å². The Morgan fingerprint density at radius 1 is 1.17 bits per heavy atom. The van der Waals surface area contributed by atoms with E-state index in [1.807, 2.05) is 20.8 Å². The van der Waals surface area contributed by atoms with Crippen LogP contribution in [0.25, 0.3) is 0 Å². The predicted molar refractivity (Wildman–Crippen MR) is 76.2 cm³/mol. The Morgan fingerprint density at radius 3 is 2.11 bits per heavy atom. The number of rotatable bonds is 4. The van der Waals surface area contributed by atoms with Gasteiger partial charge in [-0.1, -0.05) is 44.5 Å². The molecule has 0 amide bonds. The molecule has 0 saturated carbocycles. The molecule has 0 unspecified atom stereocenters. The second-order valence-corrected chi connectivity index (χ2v) is 8.21. The van der Waals surface area contributed by atoms with Crippen LogP contribution in [0.3, 0.4) is 0 Å². The summed E-state index contributed by atoms with van der Waals surface area (Å²) in [5.74, 6) is 0.0107. The van der Waals surface area contributed by atoms with E-state index < -0.39 is 10.0 Å². The Bertz CT molecular complexity index is 489. The zero-order chi connectivity index (χ0) is 14.0. The Morgan fingerprint density at radius 2 is 1.67 bits per heavy atom. The maximum absolute atomic E-state index is 12.2. The van der Waals surface area contributed by atoms with Gasteiger partial charge in [0.1, 0.15) is 0 Å². The first kappa shape index (κ1) is 15.5. The predicted octanol–water partition coefficient (Wildman–Crippen LogP) is 3.15. The minimum atomic E-state index is -3.27. The highest BCUT2D eigenvalue weighted by Gasteiger charge is 2.23. The molecule has 0 saturated heterocycles. The summed E-state index contributed by atoms with van der Waals surface area (Å²) in [7, 11) is -1.65. The first-order chi connectivity index (χ1) is 8.10. The second kappa shape index (κ2) is 5.59. The molecule has 1 aromatic rings. The average molecular weight is 290 g/mol. The first-order valence-electron chi connectivity index (χ1n) is 5.79. The summed E-state index contributed by atoms with van der Waals surface area (Å²) in [6.07, 6.45) is 0. The molecular formula is C13H20ClNO2S. The molecule has 3 nitrogen and oxygen atoms in total. The van der Waals surface area contributed by atoms with Crippen LogP contribution in [0.4, 0.5) is 0 Å². The largest absolute Gasteiger partial charge is 0.218 e. The third-order valence-corrected chi connectivity index (χ3v) is 4.46. The van der Waals surface area contributed by atoms with Crippen molar-refractivity contribution in [3.63, 3.8) is 0 Å². The molecule has 1 aromatic carbocycles. The second-order valence-electron chi connectivity index (χ2n) is 5.70. The molecular weight excluding hydrogens is 270 g/mol. The molecule has 0 N–H and O–H groups in total. The van der Waals surface area contributed by atoms with Crippen molar-refractivity contribution in [1.29, 1.82) is 0 Å². The van der Waals surface area contributed by atoms with Crippen LogP contribution in [0.1, 0.15) is 26.3 Å². The van der Waals surface area contributed by atoms with Crippen LogP contribution in [0.15, 0.2) is 24.3 Å². The lowest BCUT2D eigenvalue weighted by atomic mass is 9.97. The molecule has 0 fully saturated rings. The van der Waals surface area contributed by atoms with E-state index in [4.69, 9.17) is 11.6 Å². The third kappa shape index (κ3) is 4.96. The third-order valence-electron chi connectivity index (χ3n) is 2.43. The van der Waals surface area contributed by atoms with Gasteiger partial charge in [0.15, 0.2) is 0 Å². The van der Waals surface area contributed by atoms with Crippen molar-refractivity contribution in [1.82, 2.24) is 4.31 Å². The fraction of sp³-hybridized carbons (Fsp3) is 0.538. The summed E-state index contributed by atoms with van der Waals surface area (Å²) in [6, 6.07) is 6.89. The van der Waals surface area contributed by atoms with Gasteiger partial charge in [-0.2, -0.15) is 0 Å². The zero-order valence-electron chi connectivity index (χ0n) is 11.3. The number of nitrogens with zero attached hydrogens (tertiary/aromatic N) is 1. The highest BCUT2D eigenvalue weighted by atomic mass is 35.5. The minimum absolute atomic E-state index is 0.0107. The first-order valence-corrected chi connectivity index (χ1v) is 7.77. The number of hydrogen-bond acceptors (Lipinski definition) is 2. The lowest BCUT2D eigenvalue weighted by Crippen LogP contribution is -2.35. The molecule has 0 atom stereocenters. The maximum Gasteiger partial charge on any atom is 0.218 e. The number of hydrogen-bond donors (Lipinski definition) is 0. The normalized spacial score (nSPS) is 13.0. The lowest BCUT2D eigenvalue weighted by molar-refractivity contribution is 0.310. The summed E-state index contributed by atoms with van der Waals surface area (Å²) in [5.41, 5.74) is 0.696. The Labute approximate surface area is 115 Å². The van der Waals surface area contributed by atoms with Gasteiger partial charge in [-0.15, -0.1) is 0 Å². The number of benzene rings is 1. The molecule has 0 aliphatic rings. The Hall–Kier alpha value is -0.580. The SMILES string of the molecule is CN(CC(C)(C)C)S(=O)(=O)Cc1ccc(Cl)cc1. The monoisotopic (exact) mass is 289 g/mol. The van der Waals surface area contributed by atoms with E-state index in [-0.39, 0.29) is 11.2 Å². The fourth-order valence-corrected chi connectivity index (χ4v) is 3.21. The summed E-state index contributed by atoms with van der Waals surface area (Å²) in [6.45, 7) is 6.55. The highest BCUT2D eigenvalue weighted by Crippen LogP contribution is 2.19. The fourth-order valence-electron chi connectivity index (χ4n) is 1.67. The van der Waals surface area contributed by atoms with Crippen molar-refractivity contribution in [3.8, 4) is 0 Å². The van der Waals surface area contributed by atoms with Crippen LogP contribution in [-0.2, 0) is 15.8 Å². The quantitative estimate of drug-likeness (QED) is 0.854. The van der Waals surface area contributed by atoms with E-state index in [2.05, 4.69) is 0 Å². The van der Waals surface area contributed by atoms with Gasteiger partial charge >= 0.3 is 0 Å². The molecule has 0 radical (unpaired) electrons. The summed E-state index contributed by atoms with van der Waals surface area (Å²) >= 11 is 5.77. The van der Waals surface area contributed by atoms with Crippen molar-refractivity contribution in [2.75, 3.05) is 13.6 Å². The topological polar surface area (TPSA) is 37.4 Å². The maximum atomic E-state index is 12.2. The molecule has 0 bridgehead atoms. The molecule has 0 heterocycles. The van der Waals surface area contributed by atoms with Gasteiger partial charge in [0.25, 0.3) is 0 Å².